The highest BCUT2D eigenvalue weighted by atomic mass is 35.5. The maximum atomic E-state index is 10.4. The van der Waals surface area contributed by atoms with Crippen LogP contribution >= 0.6 is 11.6 Å². The van der Waals surface area contributed by atoms with Crippen LogP contribution in [0.4, 0.5) is 0 Å². The van der Waals surface area contributed by atoms with E-state index < -0.39 is 4.92 Å². The van der Waals surface area contributed by atoms with E-state index in [-0.39, 0.29) is 5.88 Å². The number of pyridine rings is 1. The summed E-state index contributed by atoms with van der Waals surface area (Å²) < 4.78 is 5.17. The standard InChI is InChI=1S/C10H10ClN3O3/c11-9-2-1-8(5-12-9)6-13-3-4-17-10(13)7-14(15)16/h1-2,5,7H,3-4,6H2/b10-7+. The molecule has 0 aliphatic carbocycles. The van der Waals surface area contributed by atoms with Crippen LogP contribution in [0.2, 0.25) is 5.15 Å². The Balaban J connectivity index is 2.07. The fourth-order valence-electron chi connectivity index (χ4n) is 1.55. The lowest BCUT2D eigenvalue weighted by Gasteiger charge is -2.14. The largest absolute Gasteiger partial charge is 0.473 e. The van der Waals surface area contributed by atoms with Gasteiger partial charge in [0.05, 0.1) is 11.5 Å². The molecule has 6 nitrogen and oxygen atoms in total. The highest BCUT2D eigenvalue weighted by molar-refractivity contribution is 6.29. The van der Waals surface area contributed by atoms with Crippen LogP contribution in [-0.4, -0.2) is 28.0 Å². The molecule has 0 saturated carbocycles. The van der Waals surface area contributed by atoms with E-state index in [0.717, 1.165) is 11.8 Å². The molecule has 1 aromatic rings. The monoisotopic (exact) mass is 255 g/mol. The molecule has 1 aliphatic rings. The molecule has 90 valence electrons. The van der Waals surface area contributed by atoms with Gasteiger partial charge in [-0.05, 0) is 11.6 Å². The molecule has 2 heterocycles. The van der Waals surface area contributed by atoms with Crippen molar-refractivity contribution in [2.45, 2.75) is 6.54 Å². The first-order valence-electron chi connectivity index (χ1n) is 4.98. The number of nitrogens with zero attached hydrogens (tertiary/aromatic N) is 3. The highest BCUT2D eigenvalue weighted by Gasteiger charge is 2.21. The summed E-state index contributed by atoms with van der Waals surface area (Å²) in [4.78, 5) is 15.6. The maximum Gasteiger partial charge on any atom is 0.293 e. The molecule has 17 heavy (non-hydrogen) atoms. The van der Waals surface area contributed by atoms with E-state index in [1.165, 1.54) is 0 Å². The van der Waals surface area contributed by atoms with Gasteiger partial charge in [0.25, 0.3) is 12.1 Å². The van der Waals surface area contributed by atoms with Gasteiger partial charge in [-0.1, -0.05) is 17.7 Å². The molecule has 0 N–H and O–H groups in total. The van der Waals surface area contributed by atoms with Gasteiger partial charge in [0.15, 0.2) is 0 Å². The number of hydrogen-bond donors (Lipinski definition) is 0. The van der Waals surface area contributed by atoms with Crippen molar-refractivity contribution in [3.8, 4) is 0 Å². The minimum Gasteiger partial charge on any atom is -0.473 e. The first-order valence-corrected chi connectivity index (χ1v) is 5.36. The van der Waals surface area contributed by atoms with Crippen LogP contribution in [0.1, 0.15) is 5.56 Å². The van der Waals surface area contributed by atoms with Crippen LogP contribution in [0, 0.1) is 10.1 Å². The van der Waals surface area contributed by atoms with E-state index in [9.17, 15) is 10.1 Å². The van der Waals surface area contributed by atoms with Gasteiger partial charge in [-0.2, -0.15) is 0 Å². The predicted octanol–water partition coefficient (Wildman–Crippen LogP) is 1.64. The summed E-state index contributed by atoms with van der Waals surface area (Å²) in [6, 6.07) is 3.52. The molecule has 1 saturated heterocycles. The van der Waals surface area contributed by atoms with Crippen molar-refractivity contribution < 1.29 is 9.66 Å². The third kappa shape index (κ3) is 3.07. The summed E-state index contributed by atoms with van der Waals surface area (Å²) in [6.07, 6.45) is 2.51. The molecule has 1 aliphatic heterocycles. The van der Waals surface area contributed by atoms with Crippen LogP contribution in [0.3, 0.4) is 0 Å². The minimum absolute atomic E-state index is 0.282. The fourth-order valence-corrected chi connectivity index (χ4v) is 1.66. The second-order valence-electron chi connectivity index (χ2n) is 3.51. The molecule has 0 radical (unpaired) electrons. The third-order valence-electron chi connectivity index (χ3n) is 2.30. The Hall–Kier alpha value is -1.82. The fraction of sp³-hybridized carbons (Fsp3) is 0.300. The molecule has 0 atom stereocenters. The topological polar surface area (TPSA) is 68.5 Å². The first-order chi connectivity index (χ1) is 8.15. The van der Waals surface area contributed by atoms with Crippen LogP contribution in [0.15, 0.2) is 30.4 Å². The Kier molecular flexibility index (Phi) is 3.43. The number of nitro groups is 1. The third-order valence-corrected chi connectivity index (χ3v) is 2.52. The smallest absolute Gasteiger partial charge is 0.293 e. The Labute approximate surface area is 103 Å². The normalized spacial score (nSPS) is 17.2. The number of halogens is 1. The van der Waals surface area contributed by atoms with Crippen molar-refractivity contribution in [3.05, 3.63) is 51.2 Å². The van der Waals surface area contributed by atoms with Crippen LogP contribution in [-0.2, 0) is 11.3 Å². The summed E-state index contributed by atoms with van der Waals surface area (Å²) in [5.74, 6) is 0.282. The Morgan fingerprint density at radius 2 is 2.47 bits per heavy atom. The van der Waals surface area contributed by atoms with Gasteiger partial charge in [0.2, 0.25) is 0 Å². The summed E-state index contributed by atoms with van der Waals surface area (Å²) in [5, 5.41) is 10.8. The lowest BCUT2D eigenvalue weighted by molar-refractivity contribution is -0.406. The SMILES string of the molecule is O=[N+]([O-])/C=C1/OCCN1Cc1ccc(Cl)nc1. The Morgan fingerprint density at radius 3 is 3.12 bits per heavy atom. The van der Waals surface area contributed by atoms with Crippen LogP contribution in [0.5, 0.6) is 0 Å². The van der Waals surface area contributed by atoms with E-state index in [2.05, 4.69) is 4.98 Å². The lowest BCUT2D eigenvalue weighted by atomic mass is 10.3. The van der Waals surface area contributed by atoms with Crippen molar-refractivity contribution in [1.82, 2.24) is 9.88 Å². The minimum atomic E-state index is -0.520. The van der Waals surface area contributed by atoms with Gasteiger partial charge in [-0.15, -0.1) is 0 Å². The van der Waals surface area contributed by atoms with Gasteiger partial charge < -0.3 is 9.64 Å². The molecule has 0 aromatic carbocycles. The molecular weight excluding hydrogens is 246 g/mol. The van der Waals surface area contributed by atoms with Crippen LogP contribution in [0.25, 0.3) is 0 Å². The Morgan fingerprint density at radius 1 is 1.65 bits per heavy atom. The molecule has 0 spiro atoms. The molecule has 2 rings (SSSR count). The van der Waals surface area contributed by atoms with E-state index in [0.29, 0.717) is 24.8 Å². The average molecular weight is 256 g/mol. The molecular formula is C10H10ClN3O3. The van der Waals surface area contributed by atoms with Crippen LogP contribution < -0.4 is 0 Å². The number of hydrogen-bond acceptors (Lipinski definition) is 5. The molecule has 1 fully saturated rings. The van der Waals surface area contributed by atoms with E-state index in [4.69, 9.17) is 16.3 Å². The van der Waals surface area contributed by atoms with E-state index in [1.807, 2.05) is 6.07 Å². The molecule has 1 aromatic heterocycles. The van der Waals surface area contributed by atoms with Gasteiger partial charge in [-0.25, -0.2) is 4.98 Å². The zero-order valence-corrected chi connectivity index (χ0v) is 9.63. The summed E-state index contributed by atoms with van der Waals surface area (Å²) >= 11 is 5.68. The second kappa shape index (κ2) is 5.01. The van der Waals surface area contributed by atoms with Gasteiger partial charge in [0.1, 0.15) is 11.8 Å². The summed E-state index contributed by atoms with van der Waals surface area (Å²) in [7, 11) is 0. The van der Waals surface area contributed by atoms with E-state index >= 15 is 0 Å². The molecule has 7 heteroatoms. The van der Waals surface area contributed by atoms with Crippen molar-refractivity contribution >= 4 is 11.6 Å². The number of ether oxygens (including phenoxy) is 1. The average Bonchev–Trinajstić information content (AvgIpc) is 2.68. The zero-order chi connectivity index (χ0) is 12.3. The molecule has 0 unspecified atom stereocenters. The maximum absolute atomic E-state index is 10.4. The van der Waals surface area contributed by atoms with Gasteiger partial charge >= 0.3 is 0 Å². The van der Waals surface area contributed by atoms with E-state index in [1.54, 1.807) is 17.2 Å². The van der Waals surface area contributed by atoms with Crippen molar-refractivity contribution in [2.24, 2.45) is 0 Å². The zero-order valence-electron chi connectivity index (χ0n) is 8.88. The highest BCUT2D eigenvalue weighted by Crippen LogP contribution is 2.17. The Bertz CT molecular complexity index is 447. The van der Waals surface area contributed by atoms with Crippen molar-refractivity contribution in [1.29, 1.82) is 0 Å². The quantitative estimate of drug-likeness (QED) is 0.467. The number of rotatable bonds is 3. The van der Waals surface area contributed by atoms with Gasteiger partial charge in [0, 0.05) is 12.7 Å². The van der Waals surface area contributed by atoms with Crippen molar-refractivity contribution in [3.63, 3.8) is 0 Å². The second-order valence-corrected chi connectivity index (χ2v) is 3.90. The summed E-state index contributed by atoms with van der Waals surface area (Å²) in [5.41, 5.74) is 0.925. The predicted molar refractivity (Wildman–Crippen MR) is 60.7 cm³/mol. The number of aromatic nitrogens is 1. The lowest BCUT2D eigenvalue weighted by Crippen LogP contribution is -2.18. The summed E-state index contributed by atoms with van der Waals surface area (Å²) in [6.45, 7) is 1.60. The molecule has 0 bridgehead atoms. The van der Waals surface area contributed by atoms with Crippen molar-refractivity contribution in [2.75, 3.05) is 13.2 Å². The molecule has 0 amide bonds. The van der Waals surface area contributed by atoms with Gasteiger partial charge in [-0.3, -0.25) is 10.1 Å². The first kappa shape index (κ1) is 11.7.